The van der Waals surface area contributed by atoms with Gasteiger partial charge < -0.3 is 5.11 Å². The summed E-state index contributed by atoms with van der Waals surface area (Å²) in [5, 5.41) is 8.54. The zero-order chi connectivity index (χ0) is 14.5. The Morgan fingerprint density at radius 1 is 1.16 bits per heavy atom. The first-order valence-corrected chi connectivity index (χ1v) is 7.19. The lowest BCUT2D eigenvalue weighted by Crippen LogP contribution is -2.19. The molecule has 0 fully saturated rings. The number of hydrogen-bond acceptors (Lipinski definition) is 3. The minimum absolute atomic E-state index is 0.158. The Bertz CT molecular complexity index is 514. The number of anilines is 1. The lowest BCUT2D eigenvalue weighted by molar-refractivity contribution is -0.136. The number of halogens is 3. The molecule has 0 saturated carbocycles. The van der Waals surface area contributed by atoms with Crippen molar-refractivity contribution in [2.75, 3.05) is 17.1 Å². The number of aliphatic hydroxyl groups excluding tert-OH is 1. The molecule has 2 N–H and O–H groups in total. The SMILES string of the molecule is O=S(=O)(CCCCO)Nc1ccccc1C(F)(F)F. The highest BCUT2D eigenvalue weighted by molar-refractivity contribution is 7.92. The van der Waals surface area contributed by atoms with Crippen LogP contribution in [0.2, 0.25) is 0 Å². The van der Waals surface area contributed by atoms with Crippen LogP contribution in [-0.4, -0.2) is 25.9 Å². The molecular weight excluding hydrogens is 283 g/mol. The number of sulfonamides is 1. The Kier molecular flexibility index (Phi) is 5.19. The van der Waals surface area contributed by atoms with Crippen LogP contribution in [0.3, 0.4) is 0 Å². The summed E-state index contributed by atoms with van der Waals surface area (Å²) < 4.78 is 63.1. The third-order valence-electron chi connectivity index (χ3n) is 2.32. The van der Waals surface area contributed by atoms with Gasteiger partial charge in [0.2, 0.25) is 10.0 Å². The van der Waals surface area contributed by atoms with Crippen molar-refractivity contribution >= 4 is 15.7 Å². The van der Waals surface area contributed by atoms with Gasteiger partial charge in [-0.05, 0) is 25.0 Å². The number of benzene rings is 1. The van der Waals surface area contributed by atoms with Crippen molar-refractivity contribution in [3.05, 3.63) is 29.8 Å². The molecule has 19 heavy (non-hydrogen) atoms. The first-order valence-electron chi connectivity index (χ1n) is 5.54. The maximum Gasteiger partial charge on any atom is 0.418 e. The second-order valence-corrected chi connectivity index (χ2v) is 5.74. The van der Waals surface area contributed by atoms with E-state index >= 15 is 0 Å². The molecule has 0 amide bonds. The van der Waals surface area contributed by atoms with Crippen LogP contribution >= 0.6 is 0 Å². The minimum atomic E-state index is -4.62. The van der Waals surface area contributed by atoms with E-state index in [1.807, 2.05) is 4.72 Å². The molecule has 0 bridgehead atoms. The Balaban J connectivity index is 2.88. The number of nitrogens with one attached hydrogen (secondary N) is 1. The molecular formula is C11H14F3NO3S. The van der Waals surface area contributed by atoms with Crippen LogP contribution in [0.5, 0.6) is 0 Å². The quantitative estimate of drug-likeness (QED) is 0.791. The predicted molar refractivity (Wildman–Crippen MR) is 65.2 cm³/mol. The lowest BCUT2D eigenvalue weighted by Gasteiger charge is -2.14. The molecule has 4 nitrogen and oxygen atoms in total. The third-order valence-corrected chi connectivity index (χ3v) is 3.68. The molecule has 0 radical (unpaired) electrons. The van der Waals surface area contributed by atoms with Crippen molar-refractivity contribution in [2.24, 2.45) is 0 Å². The number of unbranched alkanes of at least 4 members (excludes halogenated alkanes) is 1. The molecule has 0 spiro atoms. The van der Waals surface area contributed by atoms with Gasteiger partial charge in [-0.1, -0.05) is 12.1 Å². The smallest absolute Gasteiger partial charge is 0.396 e. The molecule has 1 rings (SSSR count). The fraction of sp³-hybridized carbons (Fsp3) is 0.455. The molecule has 0 unspecified atom stereocenters. The molecule has 0 atom stereocenters. The summed E-state index contributed by atoms with van der Waals surface area (Å²) in [6.07, 6.45) is -4.16. The average molecular weight is 297 g/mol. The van der Waals surface area contributed by atoms with E-state index in [1.54, 1.807) is 0 Å². The van der Waals surface area contributed by atoms with Crippen LogP contribution in [-0.2, 0) is 16.2 Å². The normalized spacial score (nSPS) is 12.4. The molecule has 1 aromatic carbocycles. The summed E-state index contributed by atoms with van der Waals surface area (Å²) >= 11 is 0. The molecule has 1 aromatic rings. The molecule has 0 heterocycles. The van der Waals surface area contributed by atoms with Crippen molar-refractivity contribution in [1.82, 2.24) is 0 Å². The first kappa shape index (κ1) is 15.8. The van der Waals surface area contributed by atoms with E-state index in [4.69, 9.17) is 5.11 Å². The molecule has 0 aromatic heterocycles. The average Bonchev–Trinajstić information content (AvgIpc) is 2.27. The second kappa shape index (κ2) is 6.25. The summed E-state index contributed by atoms with van der Waals surface area (Å²) in [5.41, 5.74) is -1.51. The van der Waals surface area contributed by atoms with Crippen LogP contribution in [0, 0.1) is 0 Å². The standard InChI is InChI=1S/C11H14F3NO3S/c12-11(13,14)9-5-1-2-6-10(9)15-19(17,18)8-4-3-7-16/h1-2,5-6,15-16H,3-4,7-8H2. The maximum absolute atomic E-state index is 12.7. The molecule has 0 aliphatic heterocycles. The van der Waals surface area contributed by atoms with E-state index in [-0.39, 0.29) is 25.2 Å². The van der Waals surface area contributed by atoms with Gasteiger partial charge >= 0.3 is 6.18 Å². The fourth-order valence-electron chi connectivity index (χ4n) is 1.44. The summed E-state index contributed by atoms with van der Waals surface area (Å²) in [7, 11) is -3.85. The maximum atomic E-state index is 12.7. The molecule has 0 aliphatic carbocycles. The van der Waals surface area contributed by atoms with Crippen molar-refractivity contribution in [2.45, 2.75) is 19.0 Å². The predicted octanol–water partition coefficient (Wildman–Crippen LogP) is 2.22. The van der Waals surface area contributed by atoms with Gasteiger partial charge in [0.1, 0.15) is 0 Å². The molecule has 8 heteroatoms. The Morgan fingerprint density at radius 3 is 2.37 bits per heavy atom. The number of para-hydroxylation sites is 1. The van der Waals surface area contributed by atoms with Crippen LogP contribution < -0.4 is 4.72 Å². The molecule has 108 valence electrons. The number of rotatable bonds is 6. The van der Waals surface area contributed by atoms with Gasteiger partial charge in [0.25, 0.3) is 0 Å². The van der Waals surface area contributed by atoms with Gasteiger partial charge in [0, 0.05) is 6.61 Å². The highest BCUT2D eigenvalue weighted by Gasteiger charge is 2.34. The van der Waals surface area contributed by atoms with Gasteiger partial charge in [0.05, 0.1) is 17.0 Å². The molecule has 0 aliphatic rings. The molecule has 0 saturated heterocycles. The zero-order valence-corrected chi connectivity index (χ0v) is 10.8. The lowest BCUT2D eigenvalue weighted by atomic mass is 10.2. The van der Waals surface area contributed by atoms with E-state index in [9.17, 15) is 21.6 Å². The van der Waals surface area contributed by atoms with Crippen LogP contribution in [0.1, 0.15) is 18.4 Å². The fourth-order valence-corrected chi connectivity index (χ4v) is 2.64. The van der Waals surface area contributed by atoms with Crippen LogP contribution in [0.15, 0.2) is 24.3 Å². The van der Waals surface area contributed by atoms with Crippen molar-refractivity contribution in [3.63, 3.8) is 0 Å². The Hall–Kier alpha value is -1.28. The summed E-state index contributed by atoms with van der Waals surface area (Å²) in [6, 6.07) is 4.38. The van der Waals surface area contributed by atoms with Crippen LogP contribution in [0.25, 0.3) is 0 Å². The second-order valence-electron chi connectivity index (χ2n) is 3.89. The number of hydrogen-bond donors (Lipinski definition) is 2. The van der Waals surface area contributed by atoms with E-state index in [1.165, 1.54) is 12.1 Å². The monoisotopic (exact) mass is 297 g/mol. The number of aliphatic hydroxyl groups is 1. The summed E-state index contributed by atoms with van der Waals surface area (Å²) in [4.78, 5) is 0. The zero-order valence-electron chi connectivity index (χ0n) is 9.94. The number of alkyl halides is 3. The van der Waals surface area contributed by atoms with E-state index in [2.05, 4.69) is 0 Å². The first-order chi connectivity index (χ1) is 8.76. The van der Waals surface area contributed by atoms with E-state index < -0.39 is 27.5 Å². The van der Waals surface area contributed by atoms with Crippen molar-refractivity contribution in [1.29, 1.82) is 0 Å². The van der Waals surface area contributed by atoms with E-state index in [0.717, 1.165) is 12.1 Å². The van der Waals surface area contributed by atoms with E-state index in [0.29, 0.717) is 0 Å². The Morgan fingerprint density at radius 2 is 1.79 bits per heavy atom. The van der Waals surface area contributed by atoms with Gasteiger partial charge in [0.15, 0.2) is 0 Å². The highest BCUT2D eigenvalue weighted by Crippen LogP contribution is 2.34. The Labute approximate surface area is 109 Å². The topological polar surface area (TPSA) is 66.4 Å². The summed E-state index contributed by atoms with van der Waals surface area (Å²) in [6.45, 7) is -0.158. The van der Waals surface area contributed by atoms with Gasteiger partial charge in [-0.15, -0.1) is 0 Å². The van der Waals surface area contributed by atoms with Crippen LogP contribution in [0.4, 0.5) is 18.9 Å². The summed E-state index contributed by atoms with van der Waals surface area (Å²) in [5.74, 6) is -0.334. The van der Waals surface area contributed by atoms with Crippen molar-refractivity contribution in [3.8, 4) is 0 Å². The third kappa shape index (κ3) is 5.07. The highest BCUT2D eigenvalue weighted by atomic mass is 32.2. The van der Waals surface area contributed by atoms with Gasteiger partial charge in [-0.2, -0.15) is 13.2 Å². The van der Waals surface area contributed by atoms with Gasteiger partial charge in [-0.3, -0.25) is 4.72 Å². The largest absolute Gasteiger partial charge is 0.418 e. The van der Waals surface area contributed by atoms with Gasteiger partial charge in [-0.25, -0.2) is 8.42 Å². The van der Waals surface area contributed by atoms with Crippen molar-refractivity contribution < 1.29 is 26.7 Å². The minimum Gasteiger partial charge on any atom is -0.396 e.